The zero-order chi connectivity index (χ0) is 20.5. The van der Waals surface area contributed by atoms with Crippen LogP contribution in [0.5, 0.6) is 11.5 Å². The van der Waals surface area contributed by atoms with Crippen LogP contribution in [-0.4, -0.2) is 37.4 Å². The summed E-state index contributed by atoms with van der Waals surface area (Å²) in [5, 5.41) is 1.72. The van der Waals surface area contributed by atoms with E-state index in [9.17, 15) is 9.59 Å². The van der Waals surface area contributed by atoms with E-state index < -0.39 is 24.1 Å². The first kappa shape index (κ1) is 21.0. The fourth-order valence-electron chi connectivity index (χ4n) is 2.47. The molecule has 0 radical (unpaired) electrons. The summed E-state index contributed by atoms with van der Waals surface area (Å²) < 4.78 is 21.9. The van der Waals surface area contributed by atoms with Crippen molar-refractivity contribution in [3.8, 4) is 11.5 Å². The minimum Gasteiger partial charge on any atom is -0.489 e. The summed E-state index contributed by atoms with van der Waals surface area (Å²) in [6, 6.07) is 11.2. The van der Waals surface area contributed by atoms with Crippen molar-refractivity contribution in [1.29, 1.82) is 0 Å². The maximum atomic E-state index is 11.3. The number of carbonyl (C=O) groups is 2. The second kappa shape index (κ2) is 10.2. The highest BCUT2D eigenvalue weighted by atomic mass is 16.6. The summed E-state index contributed by atoms with van der Waals surface area (Å²) in [6.07, 6.45) is 1.40. The quantitative estimate of drug-likeness (QED) is 0.458. The minimum absolute atomic E-state index is 0.207. The van der Waals surface area contributed by atoms with Gasteiger partial charge in [-0.15, -0.1) is 0 Å². The first-order valence-electron chi connectivity index (χ1n) is 8.88. The summed E-state index contributed by atoms with van der Waals surface area (Å²) >= 11 is 0. The SMILES string of the molecule is C=CC(=O)OC(C)COc1ccc(OCC(C)OC(=O)C=C)c2ccccc12. The van der Waals surface area contributed by atoms with Gasteiger partial charge in [-0.1, -0.05) is 37.4 Å². The van der Waals surface area contributed by atoms with Gasteiger partial charge in [-0.3, -0.25) is 0 Å². The van der Waals surface area contributed by atoms with Crippen molar-refractivity contribution < 1.29 is 28.5 Å². The molecule has 2 aromatic rings. The first-order chi connectivity index (χ1) is 13.4. The van der Waals surface area contributed by atoms with E-state index in [2.05, 4.69) is 13.2 Å². The summed E-state index contributed by atoms with van der Waals surface area (Å²) in [6.45, 7) is 10.6. The van der Waals surface area contributed by atoms with Crippen LogP contribution in [0.2, 0.25) is 0 Å². The highest BCUT2D eigenvalue weighted by molar-refractivity contribution is 5.93. The predicted molar refractivity (Wildman–Crippen MR) is 106 cm³/mol. The van der Waals surface area contributed by atoms with Crippen LogP contribution in [0.4, 0.5) is 0 Å². The zero-order valence-electron chi connectivity index (χ0n) is 16.1. The monoisotopic (exact) mass is 384 g/mol. The smallest absolute Gasteiger partial charge is 0.330 e. The lowest BCUT2D eigenvalue weighted by molar-refractivity contribution is -0.144. The standard InChI is InChI=1S/C22H24O6/c1-5-21(23)27-15(3)13-25-19-11-12-20(18-10-8-7-9-17(18)19)26-14-16(4)28-22(24)6-2/h5-12,15-16H,1-2,13-14H2,3-4H3. The van der Waals surface area contributed by atoms with Gasteiger partial charge in [-0.2, -0.15) is 0 Å². The molecule has 0 heterocycles. The second-order valence-electron chi connectivity index (χ2n) is 6.13. The number of carbonyl (C=O) groups excluding carboxylic acids is 2. The van der Waals surface area contributed by atoms with Crippen molar-refractivity contribution in [2.45, 2.75) is 26.1 Å². The van der Waals surface area contributed by atoms with E-state index in [1.807, 2.05) is 24.3 Å². The van der Waals surface area contributed by atoms with Gasteiger partial charge in [-0.25, -0.2) is 9.59 Å². The molecule has 0 fully saturated rings. The van der Waals surface area contributed by atoms with Gasteiger partial charge in [0.25, 0.3) is 0 Å². The Balaban J connectivity index is 2.09. The maximum absolute atomic E-state index is 11.3. The van der Waals surface area contributed by atoms with E-state index in [1.54, 1.807) is 26.0 Å². The van der Waals surface area contributed by atoms with Crippen LogP contribution in [0.1, 0.15) is 13.8 Å². The fourth-order valence-corrected chi connectivity index (χ4v) is 2.47. The number of hydrogen-bond acceptors (Lipinski definition) is 6. The molecule has 0 saturated heterocycles. The molecule has 0 spiro atoms. The van der Waals surface area contributed by atoms with Crippen LogP contribution in [0.25, 0.3) is 10.8 Å². The average molecular weight is 384 g/mol. The highest BCUT2D eigenvalue weighted by Crippen LogP contribution is 2.33. The van der Waals surface area contributed by atoms with Gasteiger partial charge >= 0.3 is 11.9 Å². The summed E-state index contributed by atoms with van der Waals surface area (Å²) in [5.74, 6) is 0.318. The largest absolute Gasteiger partial charge is 0.489 e. The van der Waals surface area contributed by atoms with Crippen molar-refractivity contribution >= 4 is 22.7 Å². The average Bonchev–Trinajstić information content (AvgIpc) is 2.70. The molecular formula is C22H24O6. The normalized spacial score (nSPS) is 12.5. The lowest BCUT2D eigenvalue weighted by Gasteiger charge is -2.17. The number of esters is 2. The minimum atomic E-state index is -0.490. The Morgan fingerprint density at radius 3 is 1.57 bits per heavy atom. The van der Waals surface area contributed by atoms with Gasteiger partial charge in [0.1, 0.15) is 36.9 Å². The Hall–Kier alpha value is -3.28. The molecule has 0 aliphatic carbocycles. The Bertz CT molecular complexity index is 787. The van der Waals surface area contributed by atoms with Gasteiger partial charge in [0.05, 0.1) is 0 Å². The summed E-state index contributed by atoms with van der Waals surface area (Å²) in [4.78, 5) is 22.5. The van der Waals surface area contributed by atoms with Crippen LogP contribution in [0.15, 0.2) is 61.7 Å². The molecule has 2 rings (SSSR count). The first-order valence-corrected chi connectivity index (χ1v) is 8.88. The van der Waals surface area contributed by atoms with Gasteiger partial charge in [0.15, 0.2) is 0 Å². The van der Waals surface area contributed by atoms with E-state index in [1.165, 1.54) is 0 Å². The van der Waals surface area contributed by atoms with Gasteiger partial charge in [0.2, 0.25) is 0 Å². The molecule has 0 N–H and O–H groups in total. The van der Waals surface area contributed by atoms with E-state index in [0.29, 0.717) is 11.5 Å². The molecule has 0 saturated carbocycles. The number of benzene rings is 2. The fraction of sp³-hybridized carbons (Fsp3) is 0.273. The molecule has 6 nitrogen and oxygen atoms in total. The molecule has 0 aliphatic heterocycles. The number of ether oxygens (including phenoxy) is 4. The van der Waals surface area contributed by atoms with E-state index in [0.717, 1.165) is 22.9 Å². The van der Waals surface area contributed by atoms with Crippen molar-refractivity contribution in [2.75, 3.05) is 13.2 Å². The molecule has 2 aromatic carbocycles. The summed E-state index contributed by atoms with van der Waals surface area (Å²) in [5.41, 5.74) is 0. The van der Waals surface area contributed by atoms with Crippen molar-refractivity contribution in [1.82, 2.24) is 0 Å². The Morgan fingerprint density at radius 2 is 1.21 bits per heavy atom. The topological polar surface area (TPSA) is 71.1 Å². The Kier molecular flexibility index (Phi) is 7.63. The number of fused-ring (bicyclic) bond motifs is 1. The van der Waals surface area contributed by atoms with Crippen LogP contribution >= 0.6 is 0 Å². The van der Waals surface area contributed by atoms with Crippen LogP contribution in [0.3, 0.4) is 0 Å². The third-order valence-electron chi connectivity index (χ3n) is 3.76. The molecule has 6 heteroatoms. The van der Waals surface area contributed by atoms with Crippen molar-refractivity contribution in [3.63, 3.8) is 0 Å². The molecule has 0 bridgehead atoms. The van der Waals surface area contributed by atoms with Gasteiger partial charge in [-0.05, 0) is 26.0 Å². The van der Waals surface area contributed by atoms with E-state index in [-0.39, 0.29) is 13.2 Å². The lowest BCUT2D eigenvalue weighted by Crippen LogP contribution is -2.21. The van der Waals surface area contributed by atoms with Crippen LogP contribution in [0, 0.1) is 0 Å². The summed E-state index contributed by atoms with van der Waals surface area (Å²) in [7, 11) is 0. The second-order valence-corrected chi connectivity index (χ2v) is 6.13. The third kappa shape index (κ3) is 5.87. The number of rotatable bonds is 10. The third-order valence-corrected chi connectivity index (χ3v) is 3.76. The lowest BCUT2D eigenvalue weighted by atomic mass is 10.1. The van der Waals surface area contributed by atoms with Crippen LogP contribution in [-0.2, 0) is 19.1 Å². The zero-order valence-corrected chi connectivity index (χ0v) is 16.1. The predicted octanol–water partition coefficient (Wildman–Crippen LogP) is 3.83. The molecule has 148 valence electrons. The van der Waals surface area contributed by atoms with Crippen molar-refractivity contribution in [2.24, 2.45) is 0 Å². The molecule has 2 atom stereocenters. The van der Waals surface area contributed by atoms with E-state index in [4.69, 9.17) is 18.9 Å². The maximum Gasteiger partial charge on any atom is 0.330 e. The molecule has 2 unspecified atom stereocenters. The van der Waals surface area contributed by atoms with Crippen molar-refractivity contribution in [3.05, 3.63) is 61.7 Å². The van der Waals surface area contributed by atoms with Crippen LogP contribution < -0.4 is 9.47 Å². The van der Waals surface area contributed by atoms with Gasteiger partial charge in [0, 0.05) is 22.9 Å². The molecule has 0 aliphatic rings. The highest BCUT2D eigenvalue weighted by Gasteiger charge is 2.13. The number of hydrogen-bond donors (Lipinski definition) is 0. The Labute approximate surface area is 164 Å². The van der Waals surface area contributed by atoms with E-state index >= 15 is 0 Å². The molecule has 0 amide bonds. The molecule has 28 heavy (non-hydrogen) atoms. The molecule has 0 aromatic heterocycles. The molecular weight excluding hydrogens is 360 g/mol. The Morgan fingerprint density at radius 1 is 0.821 bits per heavy atom. The van der Waals surface area contributed by atoms with Gasteiger partial charge < -0.3 is 18.9 Å².